The molecule has 0 aromatic carbocycles. The molecule has 0 aliphatic heterocycles. The monoisotopic (exact) mass is 104 g/mol. The Morgan fingerprint density at radius 2 is 2.25 bits per heavy atom. The summed E-state index contributed by atoms with van der Waals surface area (Å²) >= 11 is 1.23. The van der Waals surface area contributed by atoms with Gasteiger partial charge in [-0.05, 0) is 0 Å². The third-order valence-corrected chi connectivity index (χ3v) is 0.278. The first-order valence-electron chi connectivity index (χ1n) is 0.676. The molecule has 0 saturated heterocycles. The fraction of sp³-hybridized carbons (Fsp3) is 0.500. The summed E-state index contributed by atoms with van der Waals surface area (Å²) in [5, 5.41) is 7.58. The summed E-state index contributed by atoms with van der Waals surface area (Å²) in [4.78, 5) is 1.84. The van der Waals surface area contributed by atoms with Gasteiger partial charge in [-0.25, -0.2) is 0 Å². The molecule has 4 heavy (non-hydrogen) atoms. The molecular formula is C2H3CuN. The molecule has 0 aliphatic carbocycles. The summed E-state index contributed by atoms with van der Waals surface area (Å²) in [6.45, 7) is 0. The van der Waals surface area contributed by atoms with Gasteiger partial charge < -0.3 is 0 Å². The molecule has 0 unspecified atom stereocenters. The van der Waals surface area contributed by atoms with Gasteiger partial charge in [-0.3, -0.25) is 0 Å². The van der Waals surface area contributed by atoms with Crippen LogP contribution >= 0.6 is 0 Å². The predicted molar refractivity (Wildman–Crippen MR) is 11.5 cm³/mol. The quantitative estimate of drug-likeness (QED) is 0.413. The van der Waals surface area contributed by atoms with Crippen LogP contribution in [0.3, 0.4) is 0 Å². The predicted octanol–water partition coefficient (Wildman–Crippen LogP) is 0.598. The van der Waals surface area contributed by atoms with Crippen LogP contribution in [0.1, 0.15) is 0 Å². The first kappa shape index (κ1) is 4.01. The van der Waals surface area contributed by atoms with Crippen molar-refractivity contribution in [3.63, 3.8) is 0 Å². The van der Waals surface area contributed by atoms with Gasteiger partial charge in [0.15, 0.2) is 0 Å². The van der Waals surface area contributed by atoms with Crippen LogP contribution in [0.15, 0.2) is 0 Å². The Hall–Kier alpha value is 0.00948. The van der Waals surface area contributed by atoms with E-state index < -0.39 is 0 Å². The first-order valence-corrected chi connectivity index (χ1v) is 2.09. The third kappa shape index (κ3) is 2.01. The third-order valence-electron chi connectivity index (χ3n) is 0.0674. The molecule has 0 saturated carbocycles. The Bertz CT molecular complexity index is 35.8. The van der Waals surface area contributed by atoms with Gasteiger partial charge in [0.1, 0.15) is 0 Å². The number of nitrogens with zero attached hydrogens (tertiary/aromatic N) is 1. The Balaban J connectivity index is 2.43. The molecule has 2 heteroatoms. The summed E-state index contributed by atoms with van der Waals surface area (Å²) in [5.74, 6) is 1.73. The van der Waals surface area contributed by atoms with Crippen molar-refractivity contribution in [2.24, 2.45) is 0 Å². The van der Waals surface area contributed by atoms with Crippen LogP contribution in [-0.4, -0.2) is 0 Å². The normalized spacial score (nSPS) is 6.00. The van der Waals surface area contributed by atoms with Crippen molar-refractivity contribution in [2.75, 3.05) is 0 Å². The van der Waals surface area contributed by atoms with Crippen LogP contribution in [0.25, 0.3) is 0 Å². The topological polar surface area (TPSA) is 23.8 Å². The van der Waals surface area contributed by atoms with Crippen LogP contribution < -0.4 is 0 Å². The van der Waals surface area contributed by atoms with E-state index in [4.69, 9.17) is 5.26 Å². The first-order chi connectivity index (χ1) is 1.91. The number of nitriles is 1. The Morgan fingerprint density at radius 1 is 2.00 bits per heavy atom. The molecule has 1 nitrogen and oxygen atoms in total. The van der Waals surface area contributed by atoms with E-state index in [-0.39, 0.29) is 0 Å². The average molecular weight is 105 g/mol. The molecular weight excluding hydrogens is 102 g/mol. The maximum atomic E-state index is 7.58. The fourth-order valence-corrected chi connectivity index (χ4v) is 0. The molecule has 0 aliphatic rings. The van der Waals surface area contributed by atoms with Crippen molar-refractivity contribution in [3.8, 4) is 4.97 Å². The number of rotatable bonds is 0. The van der Waals surface area contributed by atoms with E-state index >= 15 is 0 Å². The standard InChI is InChI=1S/CN.CH3.Cu/c1-2;;/h;1H3;. The van der Waals surface area contributed by atoms with Gasteiger partial charge in [-0.2, -0.15) is 0 Å². The second-order valence-electron chi connectivity index (χ2n) is 0.218. The average Bonchev–Trinajstić information content (AvgIpc) is 1.37. The van der Waals surface area contributed by atoms with Crippen molar-refractivity contribution < 1.29 is 15.0 Å². The molecule has 0 radical (unpaired) electrons. The zero-order valence-corrected chi connectivity index (χ0v) is 3.19. The molecule has 0 heterocycles. The fourth-order valence-electron chi connectivity index (χ4n) is 0. The van der Waals surface area contributed by atoms with Crippen LogP contribution in [0.5, 0.6) is 0 Å². The van der Waals surface area contributed by atoms with E-state index in [1.807, 2.05) is 4.97 Å². The van der Waals surface area contributed by atoms with E-state index in [0.717, 1.165) is 0 Å². The maximum absolute atomic E-state index is 7.58. The molecule has 27 valence electrons. The molecule has 0 bridgehead atoms. The van der Waals surface area contributed by atoms with Crippen molar-refractivity contribution in [3.05, 3.63) is 0 Å². The Morgan fingerprint density at radius 3 is 2.25 bits per heavy atom. The summed E-state index contributed by atoms with van der Waals surface area (Å²) in [6.07, 6.45) is 0. The van der Waals surface area contributed by atoms with Gasteiger partial charge in [0, 0.05) is 0 Å². The minimum absolute atomic E-state index is 1.23. The molecule has 0 rings (SSSR count). The summed E-state index contributed by atoms with van der Waals surface area (Å²) in [6, 6.07) is 0. The van der Waals surface area contributed by atoms with Gasteiger partial charge in [0.2, 0.25) is 0 Å². The van der Waals surface area contributed by atoms with E-state index in [1.165, 1.54) is 15.0 Å². The van der Waals surface area contributed by atoms with Crippen LogP contribution in [-0.2, 0) is 15.0 Å². The van der Waals surface area contributed by atoms with Gasteiger partial charge in [0.05, 0.1) is 0 Å². The molecule has 0 amide bonds. The summed E-state index contributed by atoms with van der Waals surface area (Å²) < 4.78 is 0. The number of hydrogen-bond donors (Lipinski definition) is 0. The molecule has 0 aromatic rings. The summed E-state index contributed by atoms with van der Waals surface area (Å²) in [5.41, 5.74) is 0. The molecule has 0 atom stereocenters. The van der Waals surface area contributed by atoms with E-state index in [9.17, 15) is 0 Å². The number of hydrogen-bond acceptors (Lipinski definition) is 1. The van der Waals surface area contributed by atoms with Crippen molar-refractivity contribution in [1.29, 1.82) is 5.26 Å². The SMILES string of the molecule is [CH3][Cu][C]#N. The van der Waals surface area contributed by atoms with Gasteiger partial charge in [-0.15, -0.1) is 0 Å². The van der Waals surface area contributed by atoms with Crippen molar-refractivity contribution in [1.82, 2.24) is 0 Å². The van der Waals surface area contributed by atoms with Crippen molar-refractivity contribution >= 4 is 0 Å². The van der Waals surface area contributed by atoms with E-state index in [0.29, 0.717) is 0 Å². The second-order valence-corrected chi connectivity index (χ2v) is 0.900. The molecule has 0 fully saturated rings. The van der Waals surface area contributed by atoms with Crippen LogP contribution in [0.2, 0.25) is 5.82 Å². The zero-order valence-electron chi connectivity index (χ0n) is 2.25. The van der Waals surface area contributed by atoms with Crippen LogP contribution in [0.4, 0.5) is 0 Å². The molecule has 0 spiro atoms. The second kappa shape index (κ2) is 3.01. The van der Waals surface area contributed by atoms with Gasteiger partial charge in [0.25, 0.3) is 0 Å². The van der Waals surface area contributed by atoms with Gasteiger partial charge >= 0.3 is 31.0 Å². The van der Waals surface area contributed by atoms with E-state index in [1.54, 1.807) is 5.82 Å². The Labute approximate surface area is 31.8 Å². The Kier molecular flexibility index (Phi) is 3.02. The van der Waals surface area contributed by atoms with Gasteiger partial charge in [-0.1, -0.05) is 0 Å². The van der Waals surface area contributed by atoms with Crippen molar-refractivity contribution in [2.45, 2.75) is 5.82 Å². The summed E-state index contributed by atoms with van der Waals surface area (Å²) in [7, 11) is 0. The zero-order chi connectivity index (χ0) is 3.41. The van der Waals surface area contributed by atoms with Crippen LogP contribution in [0, 0.1) is 10.2 Å². The van der Waals surface area contributed by atoms with E-state index in [2.05, 4.69) is 0 Å². The molecule has 0 aromatic heterocycles. The molecule has 0 N–H and O–H groups in total. The minimum atomic E-state index is 1.23.